The van der Waals surface area contributed by atoms with Gasteiger partial charge in [-0.1, -0.05) is 17.9 Å². The molecule has 3 N–H and O–H groups in total. The Balaban J connectivity index is 1.90. The lowest BCUT2D eigenvalue weighted by Gasteiger charge is -2.04. The van der Waals surface area contributed by atoms with Crippen molar-refractivity contribution in [2.75, 3.05) is 13.2 Å². The van der Waals surface area contributed by atoms with Gasteiger partial charge >= 0.3 is 0 Å². The van der Waals surface area contributed by atoms with E-state index in [1.807, 2.05) is 6.07 Å². The van der Waals surface area contributed by atoms with Crippen LogP contribution in [0, 0.1) is 11.8 Å². The molecule has 1 amide bonds. The van der Waals surface area contributed by atoms with Crippen molar-refractivity contribution in [3.8, 4) is 11.8 Å². The summed E-state index contributed by atoms with van der Waals surface area (Å²) in [6.07, 6.45) is 2.46. The summed E-state index contributed by atoms with van der Waals surface area (Å²) in [7, 11) is 0. The Kier molecular flexibility index (Phi) is 5.50. The van der Waals surface area contributed by atoms with E-state index in [2.05, 4.69) is 32.3 Å². The fourth-order valence-electron chi connectivity index (χ4n) is 1.71. The average molecular weight is 284 g/mol. The van der Waals surface area contributed by atoms with Crippen LogP contribution in [-0.2, 0) is 6.42 Å². The maximum absolute atomic E-state index is 12.0. The number of nitrogens with zero attached hydrogens (tertiary/aromatic N) is 2. The molecule has 0 aliphatic carbocycles. The minimum Gasteiger partial charge on any atom is -0.395 e. The zero-order chi connectivity index (χ0) is 14.9. The summed E-state index contributed by atoms with van der Waals surface area (Å²) in [5.41, 5.74) is 1.31. The highest BCUT2D eigenvalue weighted by molar-refractivity contribution is 5.94. The molecule has 0 aliphatic rings. The van der Waals surface area contributed by atoms with Crippen LogP contribution in [0.25, 0.3) is 0 Å². The number of carbonyl (C=O) groups is 1. The second-order valence-electron chi connectivity index (χ2n) is 4.29. The molecule has 0 atom stereocenters. The molecule has 0 saturated carbocycles. The van der Waals surface area contributed by atoms with Gasteiger partial charge in [0.25, 0.3) is 5.91 Å². The quantitative estimate of drug-likeness (QED) is 0.698. The Morgan fingerprint density at radius 2 is 2.33 bits per heavy atom. The third-order valence-electron chi connectivity index (χ3n) is 2.71. The van der Waals surface area contributed by atoms with Crippen LogP contribution in [0.1, 0.15) is 28.2 Å². The predicted molar refractivity (Wildman–Crippen MR) is 77.4 cm³/mol. The summed E-state index contributed by atoms with van der Waals surface area (Å²) in [5.74, 6) is 6.32. The molecule has 2 rings (SSSR count). The van der Waals surface area contributed by atoms with Crippen molar-refractivity contribution in [2.45, 2.75) is 12.8 Å². The number of nitrogens with one attached hydrogen (secondary N) is 2. The number of aromatic amines is 1. The fourth-order valence-corrected chi connectivity index (χ4v) is 1.71. The molecule has 6 nitrogen and oxygen atoms in total. The van der Waals surface area contributed by atoms with Gasteiger partial charge < -0.3 is 10.4 Å². The molecule has 1 aromatic carbocycles. The first-order chi connectivity index (χ1) is 10.3. The van der Waals surface area contributed by atoms with Crippen molar-refractivity contribution in [1.29, 1.82) is 0 Å². The van der Waals surface area contributed by atoms with E-state index in [0.29, 0.717) is 24.9 Å². The predicted octanol–water partition coefficient (Wildman–Crippen LogP) is 0.511. The number of hydrogen-bond donors (Lipinski definition) is 3. The van der Waals surface area contributed by atoms with Crippen LogP contribution in [0.5, 0.6) is 0 Å². The Hall–Kier alpha value is -2.65. The molecule has 0 unspecified atom stereocenters. The SMILES string of the molecule is O=C(NCCc1ncn[nH]1)c1cccc(C#CCCO)c1. The number of amides is 1. The van der Waals surface area contributed by atoms with Crippen LogP contribution in [0.15, 0.2) is 30.6 Å². The van der Waals surface area contributed by atoms with E-state index in [9.17, 15) is 4.79 Å². The maximum Gasteiger partial charge on any atom is 0.251 e. The Labute approximate surface area is 122 Å². The van der Waals surface area contributed by atoms with E-state index in [-0.39, 0.29) is 12.5 Å². The first-order valence-corrected chi connectivity index (χ1v) is 6.62. The number of benzene rings is 1. The lowest BCUT2D eigenvalue weighted by Crippen LogP contribution is -2.26. The highest BCUT2D eigenvalue weighted by Gasteiger charge is 2.05. The standard InChI is InChI=1S/C15H16N4O2/c20-9-2-1-4-12-5-3-6-13(10-12)15(21)16-8-7-14-17-11-18-19-14/h3,5-6,10-11,20H,2,7-9H2,(H,16,21)(H,17,18,19). The van der Waals surface area contributed by atoms with Gasteiger partial charge in [-0.25, -0.2) is 4.98 Å². The van der Waals surface area contributed by atoms with Crippen LogP contribution in [0.3, 0.4) is 0 Å². The monoisotopic (exact) mass is 284 g/mol. The molecular formula is C15H16N4O2. The normalized spacial score (nSPS) is 9.76. The van der Waals surface area contributed by atoms with E-state index < -0.39 is 0 Å². The minimum absolute atomic E-state index is 0.0365. The van der Waals surface area contributed by atoms with E-state index in [4.69, 9.17) is 5.11 Å². The molecular weight excluding hydrogens is 268 g/mol. The molecule has 1 heterocycles. The molecule has 0 radical (unpaired) electrons. The lowest BCUT2D eigenvalue weighted by atomic mass is 10.1. The van der Waals surface area contributed by atoms with Crippen molar-refractivity contribution in [2.24, 2.45) is 0 Å². The molecule has 0 spiro atoms. The van der Waals surface area contributed by atoms with Gasteiger partial charge in [0.2, 0.25) is 0 Å². The molecule has 0 aliphatic heterocycles. The van der Waals surface area contributed by atoms with Crippen molar-refractivity contribution in [3.63, 3.8) is 0 Å². The van der Waals surface area contributed by atoms with Crippen LogP contribution >= 0.6 is 0 Å². The smallest absolute Gasteiger partial charge is 0.251 e. The summed E-state index contributed by atoms with van der Waals surface area (Å²) in [5, 5.41) is 18.0. The topological polar surface area (TPSA) is 90.9 Å². The van der Waals surface area contributed by atoms with Crippen molar-refractivity contribution >= 4 is 5.91 Å². The van der Waals surface area contributed by atoms with E-state index >= 15 is 0 Å². The second-order valence-corrected chi connectivity index (χ2v) is 4.29. The summed E-state index contributed by atoms with van der Waals surface area (Å²) in [6, 6.07) is 7.08. The first-order valence-electron chi connectivity index (χ1n) is 6.62. The van der Waals surface area contributed by atoms with Gasteiger partial charge in [-0.2, -0.15) is 5.10 Å². The van der Waals surface area contributed by atoms with Crippen LogP contribution in [0.2, 0.25) is 0 Å². The molecule has 21 heavy (non-hydrogen) atoms. The van der Waals surface area contributed by atoms with E-state index in [1.165, 1.54) is 6.33 Å². The number of hydrogen-bond acceptors (Lipinski definition) is 4. The fraction of sp³-hybridized carbons (Fsp3) is 0.267. The van der Waals surface area contributed by atoms with Gasteiger partial charge in [-0.15, -0.1) is 0 Å². The summed E-state index contributed by atoms with van der Waals surface area (Å²) in [4.78, 5) is 16.0. The Morgan fingerprint density at radius 3 is 3.10 bits per heavy atom. The van der Waals surface area contributed by atoms with Gasteiger partial charge in [-0.05, 0) is 18.2 Å². The van der Waals surface area contributed by atoms with Gasteiger partial charge in [0.1, 0.15) is 12.2 Å². The van der Waals surface area contributed by atoms with E-state index in [0.717, 1.165) is 11.4 Å². The number of aliphatic hydroxyl groups excluding tert-OH is 1. The first kappa shape index (κ1) is 14.8. The Bertz CT molecular complexity index is 641. The van der Waals surface area contributed by atoms with Gasteiger partial charge in [-0.3, -0.25) is 9.89 Å². The summed E-state index contributed by atoms with van der Waals surface area (Å²) < 4.78 is 0. The molecule has 2 aromatic rings. The summed E-state index contributed by atoms with van der Waals surface area (Å²) in [6.45, 7) is 0.517. The third-order valence-corrected chi connectivity index (χ3v) is 2.71. The Morgan fingerprint density at radius 1 is 1.43 bits per heavy atom. The zero-order valence-electron chi connectivity index (χ0n) is 11.5. The number of aliphatic hydroxyl groups is 1. The van der Waals surface area contributed by atoms with Crippen molar-refractivity contribution < 1.29 is 9.90 Å². The number of aromatic nitrogens is 3. The summed E-state index contributed by atoms with van der Waals surface area (Å²) >= 11 is 0. The van der Waals surface area contributed by atoms with Gasteiger partial charge in [0, 0.05) is 30.5 Å². The largest absolute Gasteiger partial charge is 0.395 e. The molecule has 6 heteroatoms. The molecule has 108 valence electrons. The minimum atomic E-state index is -0.152. The third kappa shape index (κ3) is 4.75. The number of rotatable bonds is 5. The maximum atomic E-state index is 12.0. The number of H-pyrrole nitrogens is 1. The van der Waals surface area contributed by atoms with Crippen LogP contribution in [0.4, 0.5) is 0 Å². The molecule has 0 saturated heterocycles. The molecule has 1 aromatic heterocycles. The zero-order valence-corrected chi connectivity index (χ0v) is 11.5. The molecule has 0 fully saturated rings. The second kappa shape index (κ2) is 7.82. The van der Waals surface area contributed by atoms with Gasteiger partial charge in [0.05, 0.1) is 6.61 Å². The molecule has 0 bridgehead atoms. The lowest BCUT2D eigenvalue weighted by molar-refractivity contribution is 0.0954. The average Bonchev–Trinajstić information content (AvgIpc) is 3.01. The number of carbonyl (C=O) groups excluding carboxylic acids is 1. The van der Waals surface area contributed by atoms with Crippen LogP contribution < -0.4 is 5.32 Å². The van der Waals surface area contributed by atoms with Crippen molar-refractivity contribution in [3.05, 3.63) is 47.5 Å². The van der Waals surface area contributed by atoms with Crippen LogP contribution in [-0.4, -0.2) is 39.3 Å². The highest BCUT2D eigenvalue weighted by atomic mass is 16.2. The highest BCUT2D eigenvalue weighted by Crippen LogP contribution is 2.04. The van der Waals surface area contributed by atoms with E-state index in [1.54, 1.807) is 18.2 Å². The van der Waals surface area contributed by atoms with Crippen molar-refractivity contribution in [1.82, 2.24) is 20.5 Å². The van der Waals surface area contributed by atoms with Gasteiger partial charge in [0.15, 0.2) is 0 Å².